The molecule has 19 heavy (non-hydrogen) atoms. The summed E-state index contributed by atoms with van der Waals surface area (Å²) < 4.78 is 5.36. The van der Waals surface area contributed by atoms with Crippen molar-refractivity contribution in [2.24, 2.45) is 0 Å². The Labute approximate surface area is 113 Å². The molecule has 5 heteroatoms. The van der Waals surface area contributed by atoms with E-state index in [0.29, 0.717) is 12.2 Å². The van der Waals surface area contributed by atoms with Crippen molar-refractivity contribution in [2.75, 3.05) is 39.9 Å². The van der Waals surface area contributed by atoms with Crippen molar-refractivity contribution in [2.45, 2.75) is 12.5 Å². The highest BCUT2D eigenvalue weighted by molar-refractivity contribution is 5.46. The number of aliphatic hydroxyl groups is 1. The molecule has 0 radical (unpaired) electrons. The van der Waals surface area contributed by atoms with E-state index in [4.69, 9.17) is 4.74 Å². The number of phenolic OH excluding ortho intramolecular Hbond substituents is 1. The lowest BCUT2D eigenvalue weighted by Crippen LogP contribution is -2.45. The number of rotatable bonds is 5. The molecule has 1 aliphatic heterocycles. The minimum atomic E-state index is -0.0109. The molecule has 5 nitrogen and oxygen atoms in total. The highest BCUT2D eigenvalue weighted by Gasteiger charge is 2.26. The van der Waals surface area contributed by atoms with Gasteiger partial charge in [-0.1, -0.05) is 6.07 Å². The number of ether oxygens (including phenoxy) is 1. The van der Waals surface area contributed by atoms with Gasteiger partial charge < -0.3 is 20.3 Å². The number of phenols is 1. The average molecular weight is 266 g/mol. The molecule has 0 aromatic heterocycles. The van der Waals surface area contributed by atoms with E-state index in [0.717, 1.165) is 31.7 Å². The van der Waals surface area contributed by atoms with Crippen LogP contribution in [-0.4, -0.2) is 55.0 Å². The van der Waals surface area contributed by atoms with Crippen LogP contribution in [0.2, 0.25) is 0 Å². The molecule has 3 N–H and O–H groups in total. The van der Waals surface area contributed by atoms with Crippen LogP contribution < -0.4 is 10.1 Å². The van der Waals surface area contributed by atoms with E-state index in [-0.39, 0.29) is 18.4 Å². The molecule has 1 saturated heterocycles. The molecule has 106 valence electrons. The number of piperazine rings is 1. The molecule has 1 heterocycles. The van der Waals surface area contributed by atoms with Crippen LogP contribution in [0.25, 0.3) is 0 Å². The molecular formula is C14H22N2O3. The quantitative estimate of drug-likeness (QED) is 0.733. The number of methoxy groups -OCH3 is 1. The van der Waals surface area contributed by atoms with Crippen molar-refractivity contribution in [1.29, 1.82) is 0 Å². The Bertz CT molecular complexity index is 406. The summed E-state index contributed by atoms with van der Waals surface area (Å²) in [7, 11) is 1.60. The van der Waals surface area contributed by atoms with Crippen molar-refractivity contribution in [3.8, 4) is 11.5 Å². The number of hydrogen-bond donors (Lipinski definition) is 3. The zero-order valence-corrected chi connectivity index (χ0v) is 11.3. The summed E-state index contributed by atoms with van der Waals surface area (Å²) in [5, 5.41) is 22.8. The van der Waals surface area contributed by atoms with Crippen LogP contribution in [0.1, 0.15) is 18.0 Å². The van der Waals surface area contributed by atoms with Crippen LogP contribution in [0.3, 0.4) is 0 Å². The van der Waals surface area contributed by atoms with Crippen molar-refractivity contribution in [1.82, 2.24) is 10.2 Å². The molecule has 1 aromatic rings. The normalized spacial score (nSPS) is 18.2. The van der Waals surface area contributed by atoms with Gasteiger partial charge in [0.25, 0.3) is 0 Å². The first-order chi connectivity index (χ1) is 9.27. The third kappa shape index (κ3) is 3.18. The topological polar surface area (TPSA) is 65.0 Å². The number of aromatic hydroxyl groups is 1. The van der Waals surface area contributed by atoms with Gasteiger partial charge in [-0.15, -0.1) is 0 Å². The fourth-order valence-corrected chi connectivity index (χ4v) is 2.67. The largest absolute Gasteiger partial charge is 0.507 e. The van der Waals surface area contributed by atoms with Gasteiger partial charge >= 0.3 is 0 Å². The SMILES string of the molecule is COc1cccc(O)c1[C@H](CCO)N1CCNCC1. The number of nitrogens with zero attached hydrogens (tertiary/aromatic N) is 1. The first kappa shape index (κ1) is 14.1. The lowest BCUT2D eigenvalue weighted by molar-refractivity contribution is 0.137. The minimum absolute atomic E-state index is 0.0109. The summed E-state index contributed by atoms with van der Waals surface area (Å²) in [6, 6.07) is 5.28. The zero-order chi connectivity index (χ0) is 13.7. The molecule has 1 fully saturated rings. The summed E-state index contributed by atoms with van der Waals surface area (Å²) in [6.45, 7) is 3.76. The Morgan fingerprint density at radius 3 is 2.74 bits per heavy atom. The van der Waals surface area contributed by atoms with Gasteiger partial charge in [-0.2, -0.15) is 0 Å². The highest BCUT2D eigenvalue weighted by Crippen LogP contribution is 2.38. The summed E-state index contributed by atoms with van der Waals surface area (Å²) in [6.07, 6.45) is 0.591. The van der Waals surface area contributed by atoms with E-state index in [1.54, 1.807) is 19.2 Å². The number of hydrogen-bond acceptors (Lipinski definition) is 5. The summed E-state index contributed by atoms with van der Waals surface area (Å²) in [5.74, 6) is 0.910. The lowest BCUT2D eigenvalue weighted by Gasteiger charge is -2.35. The van der Waals surface area contributed by atoms with Crippen molar-refractivity contribution in [3.05, 3.63) is 23.8 Å². The predicted molar refractivity (Wildman–Crippen MR) is 73.5 cm³/mol. The predicted octanol–water partition coefficient (Wildman–Crippen LogP) is 0.729. The Morgan fingerprint density at radius 2 is 2.11 bits per heavy atom. The van der Waals surface area contributed by atoms with Crippen LogP contribution >= 0.6 is 0 Å². The Balaban J connectivity index is 2.32. The van der Waals surface area contributed by atoms with Crippen molar-refractivity contribution in [3.63, 3.8) is 0 Å². The monoisotopic (exact) mass is 266 g/mol. The summed E-state index contributed by atoms with van der Waals surface area (Å²) in [4.78, 5) is 2.28. The molecule has 0 saturated carbocycles. The minimum Gasteiger partial charge on any atom is -0.507 e. The fourth-order valence-electron chi connectivity index (χ4n) is 2.67. The van der Waals surface area contributed by atoms with Crippen molar-refractivity contribution >= 4 is 0 Å². The molecule has 2 rings (SSSR count). The third-order valence-corrected chi connectivity index (χ3v) is 3.59. The molecule has 0 spiro atoms. The lowest BCUT2D eigenvalue weighted by atomic mass is 9.99. The average Bonchev–Trinajstić information content (AvgIpc) is 2.46. The highest BCUT2D eigenvalue weighted by atomic mass is 16.5. The second-order valence-electron chi connectivity index (χ2n) is 4.71. The molecule has 1 atom stereocenters. The van der Waals surface area contributed by atoms with Gasteiger partial charge in [0, 0.05) is 38.8 Å². The van der Waals surface area contributed by atoms with E-state index in [1.807, 2.05) is 6.07 Å². The first-order valence-corrected chi connectivity index (χ1v) is 6.69. The molecule has 0 bridgehead atoms. The Kier molecular flexibility index (Phi) is 5.01. The van der Waals surface area contributed by atoms with Crippen LogP contribution in [0.4, 0.5) is 0 Å². The van der Waals surface area contributed by atoms with Gasteiger partial charge in [0.1, 0.15) is 11.5 Å². The maximum Gasteiger partial charge on any atom is 0.127 e. The number of nitrogens with one attached hydrogen (secondary N) is 1. The molecule has 1 aromatic carbocycles. The number of benzene rings is 1. The van der Waals surface area contributed by atoms with Gasteiger partial charge in [-0.3, -0.25) is 4.90 Å². The first-order valence-electron chi connectivity index (χ1n) is 6.69. The smallest absolute Gasteiger partial charge is 0.127 e. The van der Waals surface area contributed by atoms with E-state index < -0.39 is 0 Å². The van der Waals surface area contributed by atoms with Gasteiger partial charge in [-0.25, -0.2) is 0 Å². The van der Waals surface area contributed by atoms with E-state index in [1.165, 1.54) is 0 Å². The van der Waals surface area contributed by atoms with Gasteiger partial charge in [0.2, 0.25) is 0 Å². The Morgan fingerprint density at radius 1 is 1.37 bits per heavy atom. The van der Waals surface area contributed by atoms with Crippen LogP contribution in [0.15, 0.2) is 18.2 Å². The van der Waals surface area contributed by atoms with Gasteiger partial charge in [-0.05, 0) is 18.6 Å². The van der Waals surface area contributed by atoms with Crippen LogP contribution in [0.5, 0.6) is 11.5 Å². The molecule has 1 aliphatic rings. The van der Waals surface area contributed by atoms with E-state index >= 15 is 0 Å². The van der Waals surface area contributed by atoms with Crippen LogP contribution in [0, 0.1) is 0 Å². The summed E-state index contributed by atoms with van der Waals surface area (Å²) >= 11 is 0. The van der Waals surface area contributed by atoms with Crippen molar-refractivity contribution < 1.29 is 14.9 Å². The molecule has 0 amide bonds. The second kappa shape index (κ2) is 6.75. The molecule has 0 unspecified atom stereocenters. The third-order valence-electron chi connectivity index (χ3n) is 3.59. The van der Waals surface area contributed by atoms with Gasteiger partial charge in [0.15, 0.2) is 0 Å². The van der Waals surface area contributed by atoms with Crippen LogP contribution in [-0.2, 0) is 0 Å². The summed E-state index contributed by atoms with van der Waals surface area (Å²) in [5.41, 5.74) is 0.779. The molecular weight excluding hydrogens is 244 g/mol. The van der Waals surface area contributed by atoms with E-state index in [9.17, 15) is 10.2 Å². The standard InChI is InChI=1S/C14H22N2O3/c1-19-13-4-2-3-12(18)14(13)11(5-10-17)16-8-6-15-7-9-16/h2-4,11,15,17-18H,5-10H2,1H3/t11-/m0/s1. The Hall–Kier alpha value is -1.30. The maximum absolute atomic E-state index is 10.1. The van der Waals surface area contributed by atoms with E-state index in [2.05, 4.69) is 10.2 Å². The van der Waals surface area contributed by atoms with Gasteiger partial charge in [0.05, 0.1) is 12.7 Å². The second-order valence-corrected chi connectivity index (χ2v) is 4.71. The maximum atomic E-state index is 10.1. The fraction of sp³-hybridized carbons (Fsp3) is 0.571. The zero-order valence-electron chi connectivity index (χ0n) is 11.3. The number of aliphatic hydroxyl groups excluding tert-OH is 1. The molecule has 0 aliphatic carbocycles.